The molecule has 0 bridgehead atoms. The van der Waals surface area contributed by atoms with E-state index >= 15 is 0 Å². The lowest BCUT2D eigenvalue weighted by atomic mass is 10.2. The van der Waals surface area contributed by atoms with Gasteiger partial charge in [0.2, 0.25) is 0 Å². The van der Waals surface area contributed by atoms with Gasteiger partial charge >= 0.3 is 6.03 Å². The summed E-state index contributed by atoms with van der Waals surface area (Å²) in [4.78, 5) is 24.8. The Morgan fingerprint density at radius 2 is 1.89 bits per heavy atom. The molecule has 0 aromatic heterocycles. The average molecular weight is 299 g/mol. The van der Waals surface area contributed by atoms with Crippen LogP contribution in [0.3, 0.4) is 0 Å². The summed E-state index contributed by atoms with van der Waals surface area (Å²) in [6, 6.07) is 6.59. The van der Waals surface area contributed by atoms with E-state index in [4.69, 9.17) is 23.2 Å². The van der Waals surface area contributed by atoms with Gasteiger partial charge in [-0.3, -0.25) is 9.69 Å². The lowest BCUT2D eigenvalue weighted by Crippen LogP contribution is -2.31. The third-order valence-corrected chi connectivity index (χ3v) is 3.18. The lowest BCUT2D eigenvalue weighted by Gasteiger charge is -2.09. The molecule has 1 aliphatic heterocycles. The number of carbonyl (C=O) groups excluding carboxylic acids is 2. The minimum absolute atomic E-state index is 0.266. The highest BCUT2D eigenvalue weighted by Gasteiger charge is 2.32. The minimum Gasteiger partial charge on any atom is -0.303 e. The van der Waals surface area contributed by atoms with Crippen LogP contribution in [0.25, 0.3) is 6.08 Å². The van der Waals surface area contributed by atoms with E-state index in [0.717, 1.165) is 10.5 Å². The van der Waals surface area contributed by atoms with Crippen molar-refractivity contribution in [3.63, 3.8) is 0 Å². The van der Waals surface area contributed by atoms with E-state index in [1.54, 1.807) is 30.3 Å². The van der Waals surface area contributed by atoms with Crippen molar-refractivity contribution < 1.29 is 9.59 Å². The van der Waals surface area contributed by atoms with Gasteiger partial charge in [-0.05, 0) is 30.2 Å². The van der Waals surface area contributed by atoms with E-state index in [2.05, 4.69) is 5.32 Å². The molecule has 1 saturated heterocycles. The van der Waals surface area contributed by atoms with Crippen molar-refractivity contribution in [1.29, 1.82) is 0 Å². The zero-order chi connectivity index (χ0) is 13.8. The Labute approximate surface area is 121 Å². The van der Waals surface area contributed by atoms with Crippen LogP contribution < -0.4 is 5.32 Å². The molecule has 1 heterocycles. The summed E-state index contributed by atoms with van der Waals surface area (Å²) in [7, 11) is 0. The number of benzene rings is 1. The van der Waals surface area contributed by atoms with Gasteiger partial charge in [0.05, 0.1) is 0 Å². The fraction of sp³-hybridized carbons (Fsp3) is 0.231. The summed E-state index contributed by atoms with van der Waals surface area (Å²) in [5.41, 5.74) is 1.06. The second-order valence-corrected chi connectivity index (χ2v) is 4.85. The summed E-state index contributed by atoms with van der Waals surface area (Å²) in [5, 5.41) is 3.17. The van der Waals surface area contributed by atoms with Crippen LogP contribution in [0, 0.1) is 0 Å². The number of halogens is 2. The van der Waals surface area contributed by atoms with E-state index < -0.39 is 6.03 Å². The van der Waals surface area contributed by atoms with Crippen LogP contribution in [0.5, 0.6) is 0 Å². The van der Waals surface area contributed by atoms with Crippen LogP contribution in [-0.2, 0) is 4.79 Å². The monoisotopic (exact) mass is 298 g/mol. The van der Waals surface area contributed by atoms with Crippen molar-refractivity contribution in [2.45, 2.75) is 6.42 Å². The second kappa shape index (κ2) is 6.08. The molecule has 1 aliphatic rings. The number of alkyl halides is 1. The molecule has 0 atom stereocenters. The lowest BCUT2D eigenvalue weighted by molar-refractivity contribution is -0.122. The summed E-state index contributed by atoms with van der Waals surface area (Å²) in [6.45, 7) is 0.326. The Kier molecular flexibility index (Phi) is 4.45. The number of amides is 3. The van der Waals surface area contributed by atoms with Gasteiger partial charge in [-0.25, -0.2) is 4.79 Å². The van der Waals surface area contributed by atoms with Crippen LogP contribution in [0.2, 0.25) is 5.02 Å². The highest BCUT2D eigenvalue weighted by atomic mass is 35.5. The molecule has 0 aliphatic carbocycles. The smallest absolute Gasteiger partial charge is 0.303 e. The number of rotatable bonds is 4. The van der Waals surface area contributed by atoms with Crippen molar-refractivity contribution in [3.05, 3.63) is 40.5 Å². The van der Waals surface area contributed by atoms with Gasteiger partial charge in [-0.1, -0.05) is 23.7 Å². The van der Waals surface area contributed by atoms with E-state index in [1.807, 2.05) is 0 Å². The number of nitrogens with one attached hydrogen (secondary N) is 1. The van der Waals surface area contributed by atoms with Crippen molar-refractivity contribution in [2.75, 3.05) is 12.4 Å². The van der Waals surface area contributed by atoms with Gasteiger partial charge in [-0.15, -0.1) is 11.6 Å². The topological polar surface area (TPSA) is 49.4 Å². The fourth-order valence-corrected chi connectivity index (χ4v) is 1.96. The van der Waals surface area contributed by atoms with Crippen LogP contribution in [0.4, 0.5) is 4.79 Å². The molecular formula is C13H12Cl2N2O2. The predicted octanol–water partition coefficient (Wildman–Crippen LogP) is 2.86. The number of imide groups is 1. The molecule has 0 radical (unpaired) electrons. The van der Waals surface area contributed by atoms with Crippen LogP contribution >= 0.6 is 23.2 Å². The van der Waals surface area contributed by atoms with Gasteiger partial charge < -0.3 is 5.32 Å². The Morgan fingerprint density at radius 3 is 2.53 bits per heavy atom. The first kappa shape index (κ1) is 13.9. The molecule has 1 N–H and O–H groups in total. The number of hydrogen-bond acceptors (Lipinski definition) is 2. The molecule has 2 rings (SSSR count). The van der Waals surface area contributed by atoms with Crippen LogP contribution in [-0.4, -0.2) is 29.3 Å². The van der Waals surface area contributed by atoms with Gasteiger partial charge in [0.1, 0.15) is 5.70 Å². The van der Waals surface area contributed by atoms with Gasteiger partial charge in [0.25, 0.3) is 5.91 Å². The third kappa shape index (κ3) is 3.28. The molecule has 3 amide bonds. The quantitative estimate of drug-likeness (QED) is 0.528. The predicted molar refractivity (Wildman–Crippen MR) is 75.0 cm³/mol. The number of hydrogen-bond donors (Lipinski definition) is 1. The normalized spacial score (nSPS) is 17.2. The number of urea groups is 1. The minimum atomic E-state index is -0.407. The highest BCUT2D eigenvalue weighted by molar-refractivity contribution is 6.30. The maximum Gasteiger partial charge on any atom is 0.329 e. The maximum atomic E-state index is 12.0. The molecule has 0 saturated carbocycles. The molecular weight excluding hydrogens is 287 g/mol. The summed E-state index contributed by atoms with van der Waals surface area (Å²) in [5.74, 6) is 0.0814. The molecule has 1 aromatic carbocycles. The average Bonchev–Trinajstić information content (AvgIpc) is 2.65. The zero-order valence-corrected chi connectivity index (χ0v) is 11.5. The van der Waals surface area contributed by atoms with Gasteiger partial charge in [-0.2, -0.15) is 0 Å². The molecule has 6 heteroatoms. The fourth-order valence-electron chi connectivity index (χ4n) is 1.72. The molecule has 0 unspecified atom stereocenters. The Morgan fingerprint density at radius 1 is 1.21 bits per heavy atom. The van der Waals surface area contributed by atoms with E-state index in [-0.39, 0.29) is 11.6 Å². The molecule has 1 fully saturated rings. The summed E-state index contributed by atoms with van der Waals surface area (Å²) >= 11 is 11.3. The molecule has 100 valence electrons. The van der Waals surface area contributed by atoms with Gasteiger partial charge in [0.15, 0.2) is 0 Å². The standard InChI is InChI=1S/C13H12Cl2N2O2/c14-6-1-7-17-12(18)11(16-13(17)19)8-9-2-4-10(15)5-3-9/h2-5,8H,1,6-7H2,(H,16,19)/b11-8+. The SMILES string of the molecule is O=C1N/C(=C/c2ccc(Cl)cc2)C(=O)N1CCCCl. The second-order valence-electron chi connectivity index (χ2n) is 4.04. The first-order chi connectivity index (χ1) is 9.11. The van der Waals surface area contributed by atoms with Gasteiger partial charge in [0, 0.05) is 17.4 Å². The molecule has 19 heavy (non-hydrogen) atoms. The van der Waals surface area contributed by atoms with Crippen molar-refractivity contribution in [2.24, 2.45) is 0 Å². The zero-order valence-electron chi connectivity index (χ0n) is 10.0. The van der Waals surface area contributed by atoms with Crippen molar-refractivity contribution in [3.8, 4) is 0 Å². The third-order valence-electron chi connectivity index (χ3n) is 2.66. The number of nitrogens with zero attached hydrogens (tertiary/aromatic N) is 1. The van der Waals surface area contributed by atoms with Crippen molar-refractivity contribution >= 4 is 41.2 Å². The van der Waals surface area contributed by atoms with E-state index in [0.29, 0.717) is 23.9 Å². The van der Waals surface area contributed by atoms with Crippen molar-refractivity contribution in [1.82, 2.24) is 10.2 Å². The molecule has 4 nitrogen and oxygen atoms in total. The van der Waals surface area contributed by atoms with E-state index in [1.165, 1.54) is 0 Å². The molecule has 0 spiro atoms. The largest absolute Gasteiger partial charge is 0.329 e. The first-order valence-corrected chi connectivity index (χ1v) is 6.69. The Bertz CT molecular complexity index is 526. The van der Waals surface area contributed by atoms with Crippen LogP contribution in [0.1, 0.15) is 12.0 Å². The van der Waals surface area contributed by atoms with Crippen LogP contribution in [0.15, 0.2) is 30.0 Å². The summed E-state index contributed by atoms with van der Waals surface area (Å²) in [6.07, 6.45) is 2.20. The Hall–Kier alpha value is -1.52. The summed E-state index contributed by atoms with van der Waals surface area (Å²) < 4.78 is 0. The highest BCUT2D eigenvalue weighted by Crippen LogP contribution is 2.16. The first-order valence-electron chi connectivity index (χ1n) is 5.78. The van der Waals surface area contributed by atoms with E-state index in [9.17, 15) is 9.59 Å². The number of carbonyl (C=O) groups is 2. The molecule has 1 aromatic rings. The Balaban J connectivity index is 2.16. The maximum absolute atomic E-state index is 12.0.